The molecule has 0 aliphatic heterocycles. The van der Waals surface area contributed by atoms with E-state index in [4.69, 9.17) is 4.74 Å². The monoisotopic (exact) mass is 273 g/mol. The van der Waals surface area contributed by atoms with E-state index >= 15 is 0 Å². The van der Waals surface area contributed by atoms with Crippen LogP contribution in [0.1, 0.15) is 52.4 Å². The molecule has 0 aromatic heterocycles. The van der Waals surface area contributed by atoms with Crippen LogP contribution in [0.5, 0.6) is 0 Å². The third-order valence-electron chi connectivity index (χ3n) is 4.10. The molecule has 0 amide bonds. The number of ether oxygens (including phenoxy) is 1. The van der Waals surface area contributed by atoms with Crippen molar-refractivity contribution < 1.29 is 14.9 Å². The first-order valence-electron chi connectivity index (χ1n) is 7.85. The lowest BCUT2D eigenvalue weighted by Crippen LogP contribution is -2.37. The fraction of sp³-hybridized carbons (Fsp3) is 1.00. The van der Waals surface area contributed by atoms with E-state index in [1.807, 2.05) is 6.92 Å². The molecule has 4 unspecified atom stereocenters. The number of hydrogen-bond acceptors (Lipinski definition) is 4. The van der Waals surface area contributed by atoms with Crippen molar-refractivity contribution in [2.75, 3.05) is 19.7 Å². The average molecular weight is 273 g/mol. The highest BCUT2D eigenvalue weighted by atomic mass is 16.5. The van der Waals surface area contributed by atoms with E-state index in [0.29, 0.717) is 31.7 Å². The average Bonchev–Trinajstić information content (AvgIpc) is 2.45. The Kier molecular flexibility index (Phi) is 8.62. The zero-order valence-electron chi connectivity index (χ0n) is 12.5. The molecule has 4 heteroatoms. The highest BCUT2D eigenvalue weighted by molar-refractivity contribution is 4.75. The lowest BCUT2D eigenvalue weighted by atomic mass is 9.85. The van der Waals surface area contributed by atoms with Crippen LogP contribution >= 0.6 is 0 Å². The molecule has 1 aliphatic rings. The number of hydrogen-bond donors (Lipinski definition) is 3. The molecule has 1 saturated carbocycles. The van der Waals surface area contributed by atoms with Gasteiger partial charge in [-0.3, -0.25) is 0 Å². The second-order valence-corrected chi connectivity index (χ2v) is 5.70. The van der Waals surface area contributed by atoms with Gasteiger partial charge >= 0.3 is 0 Å². The Balaban J connectivity index is 2.12. The first-order chi connectivity index (χ1) is 9.17. The van der Waals surface area contributed by atoms with Crippen molar-refractivity contribution in [1.29, 1.82) is 0 Å². The minimum Gasteiger partial charge on any atom is -0.392 e. The minimum atomic E-state index is -0.483. The van der Waals surface area contributed by atoms with Crippen molar-refractivity contribution in [2.24, 2.45) is 5.92 Å². The van der Waals surface area contributed by atoms with Crippen LogP contribution in [0.25, 0.3) is 0 Å². The van der Waals surface area contributed by atoms with Crippen molar-refractivity contribution in [3.63, 3.8) is 0 Å². The molecule has 4 nitrogen and oxygen atoms in total. The van der Waals surface area contributed by atoms with E-state index in [1.165, 1.54) is 25.7 Å². The molecule has 0 saturated heterocycles. The van der Waals surface area contributed by atoms with Gasteiger partial charge in [-0.25, -0.2) is 0 Å². The van der Waals surface area contributed by atoms with Gasteiger partial charge in [0.1, 0.15) is 0 Å². The summed E-state index contributed by atoms with van der Waals surface area (Å²) in [4.78, 5) is 0. The van der Waals surface area contributed by atoms with Gasteiger partial charge in [-0.1, -0.05) is 33.1 Å². The van der Waals surface area contributed by atoms with Gasteiger partial charge in [0.05, 0.1) is 24.9 Å². The second kappa shape index (κ2) is 9.70. The Morgan fingerprint density at radius 3 is 2.47 bits per heavy atom. The van der Waals surface area contributed by atoms with E-state index in [1.54, 1.807) is 0 Å². The second-order valence-electron chi connectivity index (χ2n) is 5.70. The zero-order chi connectivity index (χ0) is 14.1. The maximum atomic E-state index is 9.86. The van der Waals surface area contributed by atoms with Crippen LogP contribution in [0.2, 0.25) is 0 Å². The van der Waals surface area contributed by atoms with Crippen LogP contribution in [-0.2, 0) is 4.74 Å². The SMILES string of the molecule is CCC(O)CNCC(O)COC1CCCCC1CC. The maximum Gasteiger partial charge on any atom is 0.0897 e. The molecule has 0 radical (unpaired) electrons. The molecule has 0 aromatic carbocycles. The maximum absolute atomic E-state index is 9.86. The highest BCUT2D eigenvalue weighted by Gasteiger charge is 2.24. The summed E-state index contributed by atoms with van der Waals surface area (Å²) in [6, 6.07) is 0. The number of aliphatic hydroxyl groups is 2. The van der Waals surface area contributed by atoms with Crippen LogP contribution in [0, 0.1) is 5.92 Å². The first kappa shape index (κ1) is 16.9. The van der Waals surface area contributed by atoms with Crippen LogP contribution in [-0.4, -0.2) is 48.2 Å². The molecular formula is C15H31NO3. The molecule has 0 aromatic rings. The fourth-order valence-corrected chi connectivity index (χ4v) is 2.71. The molecule has 0 heterocycles. The van der Waals surface area contributed by atoms with Gasteiger partial charge < -0.3 is 20.3 Å². The number of nitrogens with one attached hydrogen (secondary N) is 1. The topological polar surface area (TPSA) is 61.7 Å². The van der Waals surface area contributed by atoms with Crippen LogP contribution in [0.3, 0.4) is 0 Å². The molecule has 4 atom stereocenters. The largest absolute Gasteiger partial charge is 0.392 e. The summed E-state index contributed by atoms with van der Waals surface area (Å²) in [5.74, 6) is 0.663. The lowest BCUT2D eigenvalue weighted by molar-refractivity contribution is -0.0502. The third-order valence-corrected chi connectivity index (χ3v) is 4.10. The number of rotatable bonds is 9. The van der Waals surface area contributed by atoms with E-state index in [-0.39, 0.29) is 6.10 Å². The van der Waals surface area contributed by atoms with E-state index < -0.39 is 6.10 Å². The van der Waals surface area contributed by atoms with Gasteiger partial charge in [0.25, 0.3) is 0 Å². The van der Waals surface area contributed by atoms with E-state index in [9.17, 15) is 10.2 Å². The van der Waals surface area contributed by atoms with Crippen LogP contribution in [0.4, 0.5) is 0 Å². The summed E-state index contributed by atoms with van der Waals surface area (Å²) in [5, 5.41) is 22.3. The molecular weight excluding hydrogens is 242 g/mol. The molecule has 114 valence electrons. The predicted octanol–water partition coefficient (Wildman–Crippen LogP) is 1.69. The summed E-state index contributed by atoms with van der Waals surface area (Å²) in [5.41, 5.74) is 0. The summed E-state index contributed by atoms with van der Waals surface area (Å²) in [6.07, 6.45) is 6.39. The van der Waals surface area contributed by atoms with Gasteiger partial charge in [0.15, 0.2) is 0 Å². The predicted molar refractivity (Wildman–Crippen MR) is 77.2 cm³/mol. The van der Waals surface area contributed by atoms with Gasteiger partial charge in [-0.2, -0.15) is 0 Å². The van der Waals surface area contributed by atoms with Crippen LogP contribution in [0.15, 0.2) is 0 Å². The molecule has 1 fully saturated rings. The lowest BCUT2D eigenvalue weighted by Gasteiger charge is -2.31. The third kappa shape index (κ3) is 6.70. The number of aliphatic hydroxyl groups excluding tert-OH is 2. The van der Waals surface area contributed by atoms with Crippen molar-refractivity contribution in [1.82, 2.24) is 5.32 Å². The van der Waals surface area contributed by atoms with Crippen LogP contribution < -0.4 is 5.32 Å². The standard InChI is InChI=1S/C15H31NO3/c1-3-12-7-5-6-8-15(12)19-11-14(18)10-16-9-13(17)4-2/h12-18H,3-11H2,1-2H3. The van der Waals surface area contributed by atoms with E-state index in [0.717, 1.165) is 12.8 Å². The van der Waals surface area contributed by atoms with Crippen molar-refractivity contribution in [3.05, 3.63) is 0 Å². The summed E-state index contributed by atoms with van der Waals surface area (Å²) >= 11 is 0. The normalized spacial score (nSPS) is 27.2. The molecule has 0 spiro atoms. The van der Waals surface area contributed by atoms with Crippen molar-refractivity contribution in [3.8, 4) is 0 Å². The Hall–Kier alpha value is -0.160. The van der Waals surface area contributed by atoms with Gasteiger partial charge in [0, 0.05) is 13.1 Å². The van der Waals surface area contributed by atoms with E-state index in [2.05, 4.69) is 12.2 Å². The van der Waals surface area contributed by atoms with Crippen molar-refractivity contribution in [2.45, 2.75) is 70.7 Å². The smallest absolute Gasteiger partial charge is 0.0897 e. The summed E-state index contributed by atoms with van der Waals surface area (Å²) < 4.78 is 5.88. The molecule has 1 rings (SSSR count). The van der Waals surface area contributed by atoms with Gasteiger partial charge in [-0.05, 0) is 25.2 Å². The molecule has 19 heavy (non-hydrogen) atoms. The first-order valence-corrected chi connectivity index (χ1v) is 7.85. The Bertz CT molecular complexity index is 225. The van der Waals surface area contributed by atoms with Crippen molar-refractivity contribution >= 4 is 0 Å². The minimum absolute atomic E-state index is 0.323. The fourth-order valence-electron chi connectivity index (χ4n) is 2.71. The molecule has 3 N–H and O–H groups in total. The Labute approximate surface area is 117 Å². The molecule has 0 bridgehead atoms. The Morgan fingerprint density at radius 1 is 1.11 bits per heavy atom. The van der Waals surface area contributed by atoms with Gasteiger partial charge in [-0.15, -0.1) is 0 Å². The van der Waals surface area contributed by atoms with Gasteiger partial charge in [0.2, 0.25) is 0 Å². The quantitative estimate of drug-likeness (QED) is 0.598. The highest BCUT2D eigenvalue weighted by Crippen LogP contribution is 2.29. The Morgan fingerprint density at radius 2 is 1.79 bits per heavy atom. The summed E-state index contributed by atoms with van der Waals surface area (Å²) in [6.45, 7) is 5.59. The zero-order valence-corrected chi connectivity index (χ0v) is 12.5. The summed E-state index contributed by atoms with van der Waals surface area (Å²) in [7, 11) is 0. The molecule has 1 aliphatic carbocycles.